The molecule has 0 amide bonds. The SMILES string of the molecule is CC(C)O.CCCCOC(C)=O.OCC(O)CO. The zero-order valence-electron chi connectivity index (χ0n) is 11.8. The third-order valence-electron chi connectivity index (χ3n) is 1.22. The Hall–Kier alpha value is -0.690. The van der Waals surface area contributed by atoms with Gasteiger partial charge in [0, 0.05) is 13.0 Å². The molecule has 0 heterocycles. The van der Waals surface area contributed by atoms with Crippen LogP contribution in [0.5, 0.6) is 0 Å². The molecule has 0 bridgehead atoms. The Kier molecular flexibility index (Phi) is 23.3. The van der Waals surface area contributed by atoms with Gasteiger partial charge in [-0.1, -0.05) is 13.3 Å². The zero-order chi connectivity index (χ0) is 15.0. The highest BCUT2D eigenvalue weighted by Gasteiger charge is 1.93. The summed E-state index contributed by atoms with van der Waals surface area (Å²) in [5.74, 6) is -0.182. The van der Waals surface area contributed by atoms with Gasteiger partial charge in [-0.05, 0) is 20.3 Å². The molecule has 0 radical (unpaired) electrons. The molecular formula is C12H28O6. The lowest BCUT2D eigenvalue weighted by atomic mass is 10.4. The Bertz CT molecular complexity index is 154. The minimum atomic E-state index is -0.954. The van der Waals surface area contributed by atoms with E-state index in [2.05, 4.69) is 11.7 Å². The molecule has 0 saturated heterocycles. The van der Waals surface area contributed by atoms with Gasteiger partial charge in [-0.15, -0.1) is 0 Å². The van der Waals surface area contributed by atoms with E-state index in [1.54, 1.807) is 13.8 Å². The highest BCUT2D eigenvalue weighted by atomic mass is 16.5. The van der Waals surface area contributed by atoms with Crippen molar-refractivity contribution in [3.8, 4) is 0 Å². The number of unbranched alkanes of at least 4 members (excludes halogenated alkanes) is 1. The lowest BCUT2D eigenvalue weighted by Crippen LogP contribution is -2.15. The first-order valence-corrected chi connectivity index (χ1v) is 6.02. The summed E-state index contributed by atoms with van der Waals surface area (Å²) in [6.45, 7) is 6.78. The Morgan fingerprint density at radius 2 is 1.56 bits per heavy atom. The van der Waals surface area contributed by atoms with Gasteiger partial charge < -0.3 is 25.2 Å². The van der Waals surface area contributed by atoms with Crippen LogP contribution >= 0.6 is 0 Å². The van der Waals surface area contributed by atoms with Crippen molar-refractivity contribution in [2.24, 2.45) is 0 Å². The van der Waals surface area contributed by atoms with Gasteiger partial charge in [0.05, 0.1) is 19.8 Å². The molecule has 18 heavy (non-hydrogen) atoms. The predicted molar refractivity (Wildman–Crippen MR) is 69.1 cm³/mol. The second kappa shape index (κ2) is 18.7. The van der Waals surface area contributed by atoms with Crippen molar-refractivity contribution in [2.75, 3.05) is 19.8 Å². The Morgan fingerprint density at radius 1 is 1.17 bits per heavy atom. The molecule has 112 valence electrons. The number of hydrogen-bond acceptors (Lipinski definition) is 6. The van der Waals surface area contributed by atoms with Gasteiger partial charge in [0.2, 0.25) is 0 Å². The molecule has 0 unspecified atom stereocenters. The Balaban J connectivity index is -0.000000200. The van der Waals surface area contributed by atoms with Gasteiger partial charge in [-0.2, -0.15) is 0 Å². The predicted octanol–water partition coefficient (Wildman–Crippen LogP) is 0.0686. The third kappa shape index (κ3) is 45.4. The van der Waals surface area contributed by atoms with Crippen LogP contribution in [0.25, 0.3) is 0 Å². The summed E-state index contributed by atoms with van der Waals surface area (Å²) in [4.78, 5) is 10.1. The fourth-order valence-corrected chi connectivity index (χ4v) is 0.418. The molecule has 0 fully saturated rings. The molecule has 6 nitrogen and oxygen atoms in total. The van der Waals surface area contributed by atoms with Crippen LogP contribution in [0, 0.1) is 0 Å². The van der Waals surface area contributed by atoms with E-state index in [4.69, 9.17) is 20.4 Å². The third-order valence-corrected chi connectivity index (χ3v) is 1.22. The average molecular weight is 268 g/mol. The maximum Gasteiger partial charge on any atom is 0.302 e. The lowest BCUT2D eigenvalue weighted by molar-refractivity contribution is -0.141. The summed E-state index contributed by atoms with van der Waals surface area (Å²) < 4.78 is 4.64. The van der Waals surface area contributed by atoms with Crippen molar-refractivity contribution in [2.45, 2.75) is 52.7 Å². The van der Waals surface area contributed by atoms with E-state index in [-0.39, 0.29) is 25.3 Å². The van der Waals surface area contributed by atoms with Crippen molar-refractivity contribution in [1.29, 1.82) is 0 Å². The summed E-state index contributed by atoms with van der Waals surface area (Å²) in [5.41, 5.74) is 0. The van der Waals surface area contributed by atoms with Crippen molar-refractivity contribution in [1.82, 2.24) is 0 Å². The number of rotatable bonds is 5. The van der Waals surface area contributed by atoms with Gasteiger partial charge in [0.15, 0.2) is 0 Å². The van der Waals surface area contributed by atoms with Gasteiger partial charge in [0.25, 0.3) is 0 Å². The number of hydrogen-bond donors (Lipinski definition) is 4. The van der Waals surface area contributed by atoms with Gasteiger partial charge in [-0.3, -0.25) is 4.79 Å². The average Bonchev–Trinajstić information content (AvgIpc) is 2.28. The van der Waals surface area contributed by atoms with E-state index < -0.39 is 6.10 Å². The minimum Gasteiger partial charge on any atom is -0.466 e. The summed E-state index contributed by atoms with van der Waals surface area (Å²) in [7, 11) is 0. The first-order chi connectivity index (χ1) is 8.31. The smallest absolute Gasteiger partial charge is 0.302 e. The molecule has 0 aliphatic rings. The van der Waals surface area contributed by atoms with Crippen LogP contribution in [-0.2, 0) is 9.53 Å². The monoisotopic (exact) mass is 268 g/mol. The number of ether oxygens (including phenoxy) is 1. The topological polar surface area (TPSA) is 107 Å². The normalized spacial score (nSPS) is 9.22. The van der Waals surface area contributed by atoms with Gasteiger partial charge in [0.1, 0.15) is 6.10 Å². The Labute approximate surface area is 109 Å². The minimum absolute atomic E-state index is 0.167. The number of carbonyl (C=O) groups is 1. The van der Waals surface area contributed by atoms with Crippen molar-refractivity contribution < 1.29 is 30.0 Å². The molecule has 0 aromatic rings. The molecule has 0 aromatic carbocycles. The first-order valence-electron chi connectivity index (χ1n) is 6.02. The number of esters is 1. The summed E-state index contributed by atoms with van der Waals surface area (Å²) in [6, 6.07) is 0. The zero-order valence-corrected chi connectivity index (χ0v) is 11.8. The van der Waals surface area contributed by atoms with E-state index in [1.165, 1.54) is 6.92 Å². The van der Waals surface area contributed by atoms with Crippen molar-refractivity contribution >= 4 is 5.97 Å². The van der Waals surface area contributed by atoms with E-state index in [0.717, 1.165) is 12.8 Å². The lowest BCUT2D eigenvalue weighted by Gasteiger charge is -1.96. The van der Waals surface area contributed by atoms with Crippen LogP contribution in [0.2, 0.25) is 0 Å². The van der Waals surface area contributed by atoms with Crippen LogP contribution in [-0.4, -0.2) is 58.4 Å². The van der Waals surface area contributed by atoms with E-state index in [9.17, 15) is 4.79 Å². The standard InChI is InChI=1S/C6H12O2.C3H8O3.C3H8O/c1-3-4-5-8-6(2)7;4-1-3(6)2-5;1-3(2)4/h3-5H2,1-2H3;3-6H,1-2H2;3-4H,1-2H3. The summed E-state index contributed by atoms with van der Waals surface area (Å²) in [6.07, 6.45) is 0.928. The fourth-order valence-electron chi connectivity index (χ4n) is 0.418. The van der Waals surface area contributed by atoms with Crippen LogP contribution < -0.4 is 0 Å². The number of carbonyl (C=O) groups excluding carboxylic acids is 1. The molecule has 0 saturated carbocycles. The molecular weight excluding hydrogens is 240 g/mol. The largest absolute Gasteiger partial charge is 0.466 e. The molecule has 6 heteroatoms. The molecule has 0 atom stereocenters. The molecule has 0 aliphatic heterocycles. The molecule has 4 N–H and O–H groups in total. The Morgan fingerprint density at radius 3 is 1.72 bits per heavy atom. The quantitative estimate of drug-likeness (QED) is 0.415. The van der Waals surface area contributed by atoms with Crippen molar-refractivity contribution in [3.05, 3.63) is 0 Å². The summed E-state index contributed by atoms with van der Waals surface area (Å²) in [5, 5.41) is 32.1. The van der Waals surface area contributed by atoms with Crippen LogP contribution in [0.3, 0.4) is 0 Å². The summed E-state index contributed by atoms with van der Waals surface area (Å²) >= 11 is 0. The number of aliphatic hydroxyl groups is 4. The highest BCUT2D eigenvalue weighted by Crippen LogP contribution is 1.86. The van der Waals surface area contributed by atoms with Crippen LogP contribution in [0.1, 0.15) is 40.5 Å². The molecule has 0 rings (SSSR count). The van der Waals surface area contributed by atoms with E-state index in [0.29, 0.717) is 6.61 Å². The molecule has 0 aliphatic carbocycles. The van der Waals surface area contributed by atoms with E-state index >= 15 is 0 Å². The van der Waals surface area contributed by atoms with Crippen molar-refractivity contribution in [3.63, 3.8) is 0 Å². The number of aliphatic hydroxyl groups excluding tert-OH is 4. The molecule has 0 spiro atoms. The maximum atomic E-state index is 10.1. The molecule has 0 aromatic heterocycles. The van der Waals surface area contributed by atoms with Crippen LogP contribution in [0.4, 0.5) is 0 Å². The first kappa shape index (κ1) is 22.5. The fraction of sp³-hybridized carbons (Fsp3) is 0.917. The van der Waals surface area contributed by atoms with Gasteiger partial charge in [-0.25, -0.2) is 0 Å². The van der Waals surface area contributed by atoms with Crippen LogP contribution in [0.15, 0.2) is 0 Å². The van der Waals surface area contributed by atoms with Gasteiger partial charge >= 0.3 is 5.97 Å². The highest BCUT2D eigenvalue weighted by molar-refractivity contribution is 5.65. The second-order valence-electron chi connectivity index (χ2n) is 3.81. The maximum absolute atomic E-state index is 10.1. The second-order valence-corrected chi connectivity index (χ2v) is 3.81. The van der Waals surface area contributed by atoms with E-state index in [1.807, 2.05) is 0 Å².